The van der Waals surface area contributed by atoms with Gasteiger partial charge in [-0.3, -0.25) is 4.79 Å². The largest absolute Gasteiger partial charge is 0.381 e. The third-order valence-electron chi connectivity index (χ3n) is 4.66. The van der Waals surface area contributed by atoms with Crippen LogP contribution in [-0.2, 0) is 17.8 Å². The van der Waals surface area contributed by atoms with Gasteiger partial charge in [0.25, 0.3) is 0 Å². The smallest absolute Gasteiger partial charge is 0.223 e. The molecule has 25 heavy (non-hydrogen) atoms. The zero-order valence-corrected chi connectivity index (χ0v) is 14.2. The maximum Gasteiger partial charge on any atom is 0.223 e. The molecule has 0 saturated heterocycles. The lowest BCUT2D eigenvalue weighted by Crippen LogP contribution is -2.26. The fourth-order valence-corrected chi connectivity index (χ4v) is 3.04. The van der Waals surface area contributed by atoms with E-state index in [1.807, 2.05) is 6.07 Å². The molecule has 0 unspecified atom stereocenters. The Morgan fingerprint density at radius 3 is 2.72 bits per heavy atom. The molecule has 0 atom stereocenters. The number of anilines is 1. The van der Waals surface area contributed by atoms with E-state index in [4.69, 9.17) is 0 Å². The average molecular weight is 333 g/mol. The molecule has 1 aromatic heterocycles. The number of carbonyl (C=O) groups excluding carboxylic acids is 1. The molecule has 4 nitrogen and oxygen atoms in total. The first-order valence-corrected chi connectivity index (χ1v) is 8.95. The molecule has 1 aliphatic carbocycles. The van der Waals surface area contributed by atoms with Crippen molar-refractivity contribution in [1.82, 2.24) is 10.3 Å². The van der Waals surface area contributed by atoms with E-state index in [0.717, 1.165) is 42.7 Å². The standard InChI is InChI=1S/C21H23N3O/c25-21(16-6-7-16)22-11-10-19-12-17-8-9-18(13-20(17)24-19)23-14-15-4-2-1-3-5-15/h1-5,8-9,12-13,16,23-24H,6-7,10-11,14H2,(H,22,25). The summed E-state index contributed by atoms with van der Waals surface area (Å²) in [5.41, 5.74) is 4.65. The summed E-state index contributed by atoms with van der Waals surface area (Å²) in [5, 5.41) is 7.68. The summed E-state index contributed by atoms with van der Waals surface area (Å²) in [6.07, 6.45) is 2.94. The molecule has 0 spiro atoms. The van der Waals surface area contributed by atoms with Gasteiger partial charge in [-0.15, -0.1) is 0 Å². The third kappa shape index (κ3) is 4.02. The molecule has 0 aliphatic heterocycles. The van der Waals surface area contributed by atoms with E-state index in [9.17, 15) is 4.79 Å². The first-order chi connectivity index (χ1) is 12.3. The second-order valence-corrected chi connectivity index (χ2v) is 6.75. The van der Waals surface area contributed by atoms with Crippen molar-refractivity contribution in [1.29, 1.82) is 0 Å². The zero-order valence-electron chi connectivity index (χ0n) is 14.2. The third-order valence-corrected chi connectivity index (χ3v) is 4.66. The van der Waals surface area contributed by atoms with Crippen molar-refractivity contribution in [2.24, 2.45) is 5.92 Å². The Bertz CT molecular complexity index is 865. The van der Waals surface area contributed by atoms with Gasteiger partial charge in [-0.25, -0.2) is 0 Å². The predicted octanol–water partition coefficient (Wildman–Crippen LogP) is 3.85. The Labute approximate surface area is 147 Å². The monoisotopic (exact) mass is 333 g/mol. The number of hydrogen-bond acceptors (Lipinski definition) is 2. The molecule has 2 aromatic carbocycles. The number of hydrogen-bond donors (Lipinski definition) is 3. The highest BCUT2D eigenvalue weighted by molar-refractivity contribution is 5.84. The average Bonchev–Trinajstić information content (AvgIpc) is 3.41. The summed E-state index contributed by atoms with van der Waals surface area (Å²) in [4.78, 5) is 15.1. The quantitative estimate of drug-likeness (QED) is 0.615. The highest BCUT2D eigenvalue weighted by Crippen LogP contribution is 2.28. The van der Waals surface area contributed by atoms with Gasteiger partial charge < -0.3 is 15.6 Å². The van der Waals surface area contributed by atoms with Gasteiger partial charge in [0.15, 0.2) is 0 Å². The van der Waals surface area contributed by atoms with E-state index in [0.29, 0.717) is 6.54 Å². The lowest BCUT2D eigenvalue weighted by molar-refractivity contribution is -0.122. The highest BCUT2D eigenvalue weighted by Gasteiger charge is 2.28. The molecular formula is C21H23N3O. The number of aromatic amines is 1. The van der Waals surface area contributed by atoms with Gasteiger partial charge in [-0.1, -0.05) is 36.4 Å². The first kappa shape index (κ1) is 15.8. The normalized spacial score (nSPS) is 13.8. The number of aromatic nitrogens is 1. The van der Waals surface area contributed by atoms with Crippen LogP contribution in [0.2, 0.25) is 0 Å². The number of benzene rings is 2. The van der Waals surface area contributed by atoms with Gasteiger partial charge in [0.2, 0.25) is 5.91 Å². The number of fused-ring (bicyclic) bond motifs is 1. The van der Waals surface area contributed by atoms with Crippen LogP contribution < -0.4 is 10.6 Å². The van der Waals surface area contributed by atoms with Gasteiger partial charge in [0.05, 0.1) is 0 Å². The lowest BCUT2D eigenvalue weighted by atomic mass is 10.2. The Hall–Kier alpha value is -2.75. The Balaban J connectivity index is 1.36. The number of nitrogens with one attached hydrogen (secondary N) is 3. The van der Waals surface area contributed by atoms with Crippen LogP contribution >= 0.6 is 0 Å². The van der Waals surface area contributed by atoms with Gasteiger partial charge >= 0.3 is 0 Å². The molecule has 1 heterocycles. The molecule has 128 valence electrons. The van der Waals surface area contributed by atoms with Crippen molar-refractivity contribution in [3.63, 3.8) is 0 Å². The Morgan fingerprint density at radius 1 is 1.08 bits per heavy atom. The van der Waals surface area contributed by atoms with Crippen LogP contribution in [0.3, 0.4) is 0 Å². The van der Waals surface area contributed by atoms with Gasteiger partial charge in [0, 0.05) is 42.3 Å². The second-order valence-electron chi connectivity index (χ2n) is 6.75. The number of H-pyrrole nitrogens is 1. The van der Waals surface area contributed by atoms with Crippen molar-refractivity contribution in [2.75, 3.05) is 11.9 Å². The van der Waals surface area contributed by atoms with Gasteiger partial charge in [0.1, 0.15) is 0 Å². The fourth-order valence-electron chi connectivity index (χ4n) is 3.04. The molecule has 4 heteroatoms. The minimum absolute atomic E-state index is 0.212. The van der Waals surface area contributed by atoms with Crippen LogP contribution in [0.15, 0.2) is 54.6 Å². The van der Waals surface area contributed by atoms with Crippen LogP contribution in [0.25, 0.3) is 10.9 Å². The predicted molar refractivity (Wildman–Crippen MR) is 102 cm³/mol. The van der Waals surface area contributed by atoms with Crippen molar-refractivity contribution in [3.8, 4) is 0 Å². The van der Waals surface area contributed by atoms with E-state index in [2.05, 4.69) is 64.1 Å². The van der Waals surface area contributed by atoms with Crippen molar-refractivity contribution < 1.29 is 4.79 Å². The summed E-state index contributed by atoms with van der Waals surface area (Å²) < 4.78 is 0. The lowest BCUT2D eigenvalue weighted by Gasteiger charge is -2.06. The highest BCUT2D eigenvalue weighted by atomic mass is 16.2. The molecule has 0 bridgehead atoms. The van der Waals surface area contributed by atoms with E-state index in [-0.39, 0.29) is 11.8 Å². The molecule has 0 radical (unpaired) electrons. The maximum absolute atomic E-state index is 11.7. The van der Waals surface area contributed by atoms with Gasteiger partial charge in [-0.05, 0) is 42.0 Å². The summed E-state index contributed by atoms with van der Waals surface area (Å²) in [7, 11) is 0. The number of rotatable bonds is 7. The summed E-state index contributed by atoms with van der Waals surface area (Å²) in [5.74, 6) is 0.490. The molecule has 1 fully saturated rings. The molecule has 3 N–H and O–H groups in total. The fraction of sp³-hybridized carbons (Fsp3) is 0.286. The number of amides is 1. The van der Waals surface area contributed by atoms with E-state index in [1.165, 1.54) is 10.9 Å². The summed E-state index contributed by atoms with van der Waals surface area (Å²) in [6.45, 7) is 1.51. The first-order valence-electron chi connectivity index (χ1n) is 8.95. The zero-order chi connectivity index (χ0) is 17.1. The van der Waals surface area contributed by atoms with Crippen molar-refractivity contribution in [2.45, 2.75) is 25.8 Å². The van der Waals surface area contributed by atoms with Crippen LogP contribution in [0.5, 0.6) is 0 Å². The van der Waals surface area contributed by atoms with Crippen LogP contribution in [0, 0.1) is 5.92 Å². The van der Waals surface area contributed by atoms with Crippen LogP contribution in [0.1, 0.15) is 24.1 Å². The topological polar surface area (TPSA) is 56.9 Å². The molecule has 4 rings (SSSR count). The molecule has 1 aliphatic rings. The van der Waals surface area contributed by atoms with E-state index < -0.39 is 0 Å². The van der Waals surface area contributed by atoms with E-state index in [1.54, 1.807) is 0 Å². The van der Waals surface area contributed by atoms with E-state index >= 15 is 0 Å². The molecule has 3 aromatic rings. The van der Waals surface area contributed by atoms with Crippen LogP contribution in [0.4, 0.5) is 5.69 Å². The molecular weight excluding hydrogens is 310 g/mol. The van der Waals surface area contributed by atoms with Crippen LogP contribution in [-0.4, -0.2) is 17.4 Å². The van der Waals surface area contributed by atoms with Crippen molar-refractivity contribution in [3.05, 3.63) is 65.9 Å². The van der Waals surface area contributed by atoms with Gasteiger partial charge in [-0.2, -0.15) is 0 Å². The summed E-state index contributed by atoms with van der Waals surface area (Å²) in [6, 6.07) is 18.9. The number of carbonyl (C=O) groups is 1. The molecule has 1 amide bonds. The Kier molecular flexibility index (Phi) is 4.42. The molecule has 1 saturated carbocycles. The second kappa shape index (κ2) is 7.01. The Morgan fingerprint density at radius 2 is 1.92 bits per heavy atom. The minimum Gasteiger partial charge on any atom is -0.381 e. The summed E-state index contributed by atoms with van der Waals surface area (Å²) >= 11 is 0. The van der Waals surface area contributed by atoms with Crippen molar-refractivity contribution >= 4 is 22.5 Å². The maximum atomic E-state index is 11.7. The minimum atomic E-state index is 0.212. The SMILES string of the molecule is O=C(NCCc1cc2ccc(NCc3ccccc3)cc2[nH]1)C1CC1.